The average Bonchev–Trinajstić information content (AvgIpc) is 2.49. The highest BCUT2D eigenvalue weighted by Gasteiger charge is 2.25. The molecule has 0 aliphatic heterocycles. The van der Waals surface area contributed by atoms with Crippen LogP contribution in [0.4, 0.5) is 0 Å². The second kappa shape index (κ2) is 7.68. The van der Waals surface area contributed by atoms with Gasteiger partial charge in [0, 0.05) is 6.04 Å². The summed E-state index contributed by atoms with van der Waals surface area (Å²) in [7, 11) is 2.01. The van der Waals surface area contributed by atoms with Gasteiger partial charge in [-0.3, -0.25) is 0 Å². The standard InChI is InChI=1S/C18H29NO/c1-4-16-7-5-6-8-18(16)20-17-11-9-15(10-12-17)13-14(2)19-3/h9-12,14,16,18-19H,4-8,13H2,1-3H3. The van der Waals surface area contributed by atoms with Crippen molar-refractivity contribution in [2.24, 2.45) is 5.92 Å². The lowest BCUT2D eigenvalue weighted by atomic mass is 9.85. The van der Waals surface area contributed by atoms with Crippen molar-refractivity contribution in [1.82, 2.24) is 5.32 Å². The van der Waals surface area contributed by atoms with Gasteiger partial charge in [-0.1, -0.05) is 25.5 Å². The molecule has 112 valence electrons. The molecule has 2 nitrogen and oxygen atoms in total. The number of ether oxygens (including phenoxy) is 1. The van der Waals surface area contributed by atoms with Gasteiger partial charge >= 0.3 is 0 Å². The molecule has 0 heterocycles. The molecule has 1 fully saturated rings. The van der Waals surface area contributed by atoms with E-state index >= 15 is 0 Å². The van der Waals surface area contributed by atoms with Crippen molar-refractivity contribution in [2.45, 2.75) is 64.5 Å². The molecule has 2 heteroatoms. The molecule has 20 heavy (non-hydrogen) atoms. The van der Waals surface area contributed by atoms with E-state index < -0.39 is 0 Å². The Labute approximate surface area is 123 Å². The SMILES string of the molecule is CCC1CCCCC1Oc1ccc(CC(C)NC)cc1. The van der Waals surface area contributed by atoms with Crippen LogP contribution in [0, 0.1) is 5.92 Å². The van der Waals surface area contributed by atoms with Crippen LogP contribution in [0.25, 0.3) is 0 Å². The third-order valence-corrected chi connectivity index (χ3v) is 4.61. The zero-order valence-electron chi connectivity index (χ0n) is 13.2. The monoisotopic (exact) mass is 275 g/mol. The molecule has 3 atom stereocenters. The van der Waals surface area contributed by atoms with Crippen LogP contribution < -0.4 is 10.1 Å². The summed E-state index contributed by atoms with van der Waals surface area (Å²) in [5.41, 5.74) is 1.37. The number of hydrogen-bond acceptors (Lipinski definition) is 2. The summed E-state index contributed by atoms with van der Waals surface area (Å²) < 4.78 is 6.23. The minimum atomic E-state index is 0.427. The second-order valence-corrected chi connectivity index (χ2v) is 6.15. The summed E-state index contributed by atoms with van der Waals surface area (Å²) in [6.07, 6.45) is 7.98. The molecule has 3 unspecified atom stereocenters. The van der Waals surface area contributed by atoms with Gasteiger partial charge in [-0.2, -0.15) is 0 Å². The van der Waals surface area contributed by atoms with E-state index in [-0.39, 0.29) is 0 Å². The molecule has 0 amide bonds. The number of hydrogen-bond donors (Lipinski definition) is 1. The maximum absolute atomic E-state index is 6.23. The predicted octanol–water partition coefficient (Wildman–Crippen LogP) is 4.18. The van der Waals surface area contributed by atoms with E-state index in [0.717, 1.165) is 18.1 Å². The summed E-state index contributed by atoms with van der Waals surface area (Å²) in [6, 6.07) is 9.20. The highest BCUT2D eigenvalue weighted by Crippen LogP contribution is 2.30. The molecular weight excluding hydrogens is 246 g/mol. The Hall–Kier alpha value is -1.02. The fourth-order valence-electron chi connectivity index (χ4n) is 3.13. The molecule has 0 spiro atoms. The molecule has 0 aromatic heterocycles. The van der Waals surface area contributed by atoms with Gasteiger partial charge in [0.25, 0.3) is 0 Å². The first-order valence-corrected chi connectivity index (χ1v) is 8.15. The maximum atomic E-state index is 6.23. The van der Waals surface area contributed by atoms with E-state index in [9.17, 15) is 0 Å². The van der Waals surface area contributed by atoms with Crippen molar-refractivity contribution in [3.05, 3.63) is 29.8 Å². The number of benzene rings is 1. The van der Waals surface area contributed by atoms with Crippen molar-refractivity contribution in [3.8, 4) is 5.75 Å². The van der Waals surface area contributed by atoms with Crippen LogP contribution in [0.3, 0.4) is 0 Å². The molecule has 0 saturated heterocycles. The predicted molar refractivity (Wildman–Crippen MR) is 85.3 cm³/mol. The molecule has 1 aliphatic carbocycles. The normalized spacial score (nSPS) is 24.4. The molecule has 1 aliphatic rings. The van der Waals surface area contributed by atoms with Crippen LogP contribution in [0.15, 0.2) is 24.3 Å². The summed E-state index contributed by atoms with van der Waals surface area (Å²) in [5, 5.41) is 3.28. The van der Waals surface area contributed by atoms with Gasteiger partial charge in [0.15, 0.2) is 0 Å². The first-order chi connectivity index (χ1) is 9.72. The van der Waals surface area contributed by atoms with Gasteiger partial charge in [-0.05, 0) is 69.7 Å². The zero-order chi connectivity index (χ0) is 14.4. The van der Waals surface area contributed by atoms with Crippen LogP contribution in [-0.4, -0.2) is 19.2 Å². The molecule has 0 bridgehead atoms. The second-order valence-electron chi connectivity index (χ2n) is 6.15. The Bertz CT molecular complexity index is 387. The van der Waals surface area contributed by atoms with Crippen LogP contribution in [0.5, 0.6) is 5.75 Å². The summed E-state index contributed by atoms with van der Waals surface area (Å²) in [4.78, 5) is 0. The van der Waals surface area contributed by atoms with E-state index in [2.05, 4.69) is 43.4 Å². The maximum Gasteiger partial charge on any atom is 0.119 e. The van der Waals surface area contributed by atoms with E-state index in [1.807, 2.05) is 7.05 Å². The Morgan fingerprint density at radius 1 is 1.20 bits per heavy atom. The molecule has 2 rings (SSSR count). The minimum Gasteiger partial charge on any atom is -0.490 e. The molecule has 1 aromatic carbocycles. The largest absolute Gasteiger partial charge is 0.490 e. The Morgan fingerprint density at radius 2 is 1.90 bits per heavy atom. The van der Waals surface area contributed by atoms with E-state index in [4.69, 9.17) is 4.74 Å². The van der Waals surface area contributed by atoms with Gasteiger partial charge in [-0.15, -0.1) is 0 Å². The van der Waals surface area contributed by atoms with E-state index in [1.165, 1.54) is 37.7 Å². The first kappa shape index (κ1) is 15.4. The fraction of sp³-hybridized carbons (Fsp3) is 0.667. The molecule has 0 radical (unpaired) electrons. The highest BCUT2D eigenvalue weighted by molar-refractivity contribution is 5.28. The molecular formula is C18H29NO. The first-order valence-electron chi connectivity index (χ1n) is 8.15. The lowest BCUT2D eigenvalue weighted by Gasteiger charge is -2.31. The lowest BCUT2D eigenvalue weighted by Crippen LogP contribution is -2.29. The number of nitrogens with one attached hydrogen (secondary N) is 1. The molecule has 1 N–H and O–H groups in total. The van der Waals surface area contributed by atoms with Gasteiger partial charge in [0.1, 0.15) is 11.9 Å². The number of likely N-dealkylation sites (N-methyl/N-ethyl adjacent to an activating group) is 1. The number of rotatable bonds is 6. The fourth-order valence-corrected chi connectivity index (χ4v) is 3.13. The molecule has 1 saturated carbocycles. The van der Waals surface area contributed by atoms with Crippen molar-refractivity contribution >= 4 is 0 Å². The van der Waals surface area contributed by atoms with Crippen molar-refractivity contribution in [1.29, 1.82) is 0 Å². The van der Waals surface area contributed by atoms with E-state index in [1.54, 1.807) is 0 Å². The third-order valence-electron chi connectivity index (χ3n) is 4.61. The van der Waals surface area contributed by atoms with E-state index in [0.29, 0.717) is 12.1 Å². The van der Waals surface area contributed by atoms with Gasteiger partial charge < -0.3 is 10.1 Å². The smallest absolute Gasteiger partial charge is 0.119 e. The summed E-state index contributed by atoms with van der Waals surface area (Å²) in [6.45, 7) is 4.49. The Kier molecular flexibility index (Phi) is 5.90. The van der Waals surface area contributed by atoms with Gasteiger partial charge in [-0.25, -0.2) is 0 Å². The van der Waals surface area contributed by atoms with Crippen LogP contribution in [0.2, 0.25) is 0 Å². The van der Waals surface area contributed by atoms with Crippen molar-refractivity contribution in [3.63, 3.8) is 0 Å². The van der Waals surface area contributed by atoms with Crippen LogP contribution in [-0.2, 0) is 6.42 Å². The summed E-state index contributed by atoms with van der Waals surface area (Å²) >= 11 is 0. The zero-order valence-corrected chi connectivity index (χ0v) is 13.2. The summed E-state index contributed by atoms with van der Waals surface area (Å²) in [5.74, 6) is 1.78. The molecule has 1 aromatic rings. The lowest BCUT2D eigenvalue weighted by molar-refractivity contribution is 0.0904. The minimum absolute atomic E-state index is 0.427. The third kappa shape index (κ3) is 4.24. The Morgan fingerprint density at radius 3 is 2.55 bits per heavy atom. The average molecular weight is 275 g/mol. The van der Waals surface area contributed by atoms with Gasteiger partial charge in [0.05, 0.1) is 0 Å². The topological polar surface area (TPSA) is 21.3 Å². The van der Waals surface area contributed by atoms with Crippen LogP contribution in [0.1, 0.15) is 51.5 Å². The highest BCUT2D eigenvalue weighted by atomic mass is 16.5. The van der Waals surface area contributed by atoms with Crippen molar-refractivity contribution in [2.75, 3.05) is 7.05 Å². The quantitative estimate of drug-likeness (QED) is 0.840. The van der Waals surface area contributed by atoms with Gasteiger partial charge in [0.2, 0.25) is 0 Å². The van der Waals surface area contributed by atoms with Crippen molar-refractivity contribution < 1.29 is 4.74 Å². The Balaban J connectivity index is 1.92. The van der Waals surface area contributed by atoms with Crippen LogP contribution >= 0.6 is 0 Å².